The topological polar surface area (TPSA) is 50.7 Å². The highest BCUT2D eigenvalue weighted by molar-refractivity contribution is 6.18. The third-order valence-corrected chi connectivity index (χ3v) is 6.39. The van der Waals surface area contributed by atoms with Crippen LogP contribution in [0.1, 0.15) is 23.6 Å². The first-order valence-corrected chi connectivity index (χ1v) is 12.0. The highest BCUT2D eigenvalue weighted by Gasteiger charge is 2.38. The number of aliphatic hydroxyl groups is 1. The van der Waals surface area contributed by atoms with Gasteiger partial charge in [-0.25, -0.2) is 0 Å². The van der Waals surface area contributed by atoms with Crippen LogP contribution in [0.4, 0.5) is 26.3 Å². The van der Waals surface area contributed by atoms with Gasteiger partial charge in [-0.1, -0.05) is 54.6 Å². The second kappa shape index (κ2) is 11.8. The van der Waals surface area contributed by atoms with Crippen molar-refractivity contribution in [3.63, 3.8) is 0 Å². The van der Waals surface area contributed by atoms with E-state index < -0.39 is 35.2 Å². The molecule has 11 heteroatoms. The molecular formula is C27H26ClF6NO3. The van der Waals surface area contributed by atoms with Crippen LogP contribution in [0.15, 0.2) is 78.9 Å². The minimum Gasteiger partial charge on any atom is -0.406 e. The third-order valence-electron chi connectivity index (χ3n) is 5.81. The van der Waals surface area contributed by atoms with Gasteiger partial charge in [0.1, 0.15) is 11.5 Å². The average Bonchev–Trinajstić information content (AvgIpc) is 2.82. The molecule has 0 fully saturated rings. The number of hydrogen-bond acceptors (Lipinski definition) is 4. The first-order chi connectivity index (χ1) is 17.7. The Morgan fingerprint density at radius 3 is 1.68 bits per heavy atom. The average molecular weight is 562 g/mol. The van der Waals surface area contributed by atoms with Crippen molar-refractivity contribution in [1.82, 2.24) is 5.32 Å². The fourth-order valence-corrected chi connectivity index (χ4v) is 4.25. The molecule has 1 atom stereocenters. The summed E-state index contributed by atoms with van der Waals surface area (Å²) in [7, 11) is 0. The van der Waals surface area contributed by atoms with Gasteiger partial charge in [-0.2, -0.15) is 0 Å². The van der Waals surface area contributed by atoms with Crippen LogP contribution in [0.3, 0.4) is 0 Å². The van der Waals surface area contributed by atoms with Crippen molar-refractivity contribution in [2.24, 2.45) is 0 Å². The maximum absolute atomic E-state index is 13.0. The van der Waals surface area contributed by atoms with Gasteiger partial charge in [0.2, 0.25) is 0 Å². The molecule has 0 unspecified atom stereocenters. The molecule has 206 valence electrons. The number of ether oxygens (including phenoxy) is 2. The monoisotopic (exact) mass is 561 g/mol. The molecule has 0 saturated heterocycles. The first kappa shape index (κ1) is 29.6. The van der Waals surface area contributed by atoms with Crippen molar-refractivity contribution < 1.29 is 40.9 Å². The number of halogens is 7. The van der Waals surface area contributed by atoms with Crippen LogP contribution in [0.5, 0.6) is 11.5 Å². The van der Waals surface area contributed by atoms with E-state index >= 15 is 0 Å². The van der Waals surface area contributed by atoms with E-state index in [-0.39, 0.29) is 25.4 Å². The van der Waals surface area contributed by atoms with Crippen LogP contribution in [-0.4, -0.2) is 42.4 Å². The number of nitrogens with one attached hydrogen (secondary N) is 1. The lowest BCUT2D eigenvalue weighted by Gasteiger charge is -2.37. The highest BCUT2D eigenvalue weighted by atomic mass is 35.5. The van der Waals surface area contributed by atoms with Gasteiger partial charge in [0.05, 0.1) is 11.5 Å². The fraction of sp³-hybridized carbons (Fsp3) is 0.333. The molecule has 0 aromatic heterocycles. The maximum atomic E-state index is 13.0. The van der Waals surface area contributed by atoms with Crippen LogP contribution >= 0.6 is 11.6 Å². The predicted molar refractivity (Wildman–Crippen MR) is 131 cm³/mol. The Labute approximate surface area is 221 Å². The van der Waals surface area contributed by atoms with Crippen LogP contribution in [0.2, 0.25) is 0 Å². The summed E-state index contributed by atoms with van der Waals surface area (Å²) in [6.07, 6.45) is -9.72. The van der Waals surface area contributed by atoms with Crippen LogP contribution < -0.4 is 14.8 Å². The largest absolute Gasteiger partial charge is 0.573 e. The smallest absolute Gasteiger partial charge is 0.406 e. The van der Waals surface area contributed by atoms with E-state index in [1.807, 2.05) is 0 Å². The molecule has 0 aliphatic rings. The van der Waals surface area contributed by atoms with Crippen LogP contribution in [0, 0.1) is 0 Å². The van der Waals surface area contributed by atoms with Gasteiger partial charge in [-0.15, -0.1) is 37.9 Å². The van der Waals surface area contributed by atoms with Crippen molar-refractivity contribution >= 4 is 11.6 Å². The Balaban J connectivity index is 2.20. The van der Waals surface area contributed by atoms with E-state index in [0.29, 0.717) is 11.1 Å². The van der Waals surface area contributed by atoms with Crippen molar-refractivity contribution in [3.05, 3.63) is 95.6 Å². The van der Waals surface area contributed by atoms with Gasteiger partial charge in [0.25, 0.3) is 0 Å². The Morgan fingerprint density at radius 2 is 1.24 bits per heavy atom. The summed E-state index contributed by atoms with van der Waals surface area (Å²) in [4.78, 5) is 0. The Bertz CT molecular complexity index is 1130. The molecule has 4 nitrogen and oxygen atoms in total. The van der Waals surface area contributed by atoms with Crippen molar-refractivity contribution in [3.8, 4) is 11.5 Å². The minimum absolute atomic E-state index is 0.00449. The van der Waals surface area contributed by atoms with Crippen molar-refractivity contribution in [2.75, 3.05) is 19.0 Å². The van der Waals surface area contributed by atoms with Crippen LogP contribution in [0.25, 0.3) is 0 Å². The highest BCUT2D eigenvalue weighted by Crippen LogP contribution is 2.40. The Morgan fingerprint density at radius 1 is 0.737 bits per heavy atom. The summed E-state index contributed by atoms with van der Waals surface area (Å²) in [5.74, 6) is -1.07. The van der Waals surface area contributed by atoms with Gasteiger partial charge in [-0.3, -0.25) is 0 Å². The summed E-state index contributed by atoms with van der Waals surface area (Å²) in [5, 5.41) is 13.5. The second-order valence-electron chi connectivity index (χ2n) is 9.13. The van der Waals surface area contributed by atoms with Gasteiger partial charge in [0, 0.05) is 18.5 Å². The molecule has 0 aliphatic carbocycles. The second-order valence-corrected chi connectivity index (χ2v) is 9.40. The molecule has 0 heterocycles. The summed E-state index contributed by atoms with van der Waals surface area (Å²) in [6.45, 7) is 1.52. The van der Waals surface area contributed by atoms with E-state index in [2.05, 4.69) is 14.8 Å². The first-order valence-electron chi connectivity index (χ1n) is 11.5. The molecule has 0 saturated carbocycles. The van der Waals surface area contributed by atoms with Gasteiger partial charge in [0.15, 0.2) is 0 Å². The molecular weight excluding hydrogens is 536 g/mol. The molecule has 0 bridgehead atoms. The van der Waals surface area contributed by atoms with E-state index in [1.54, 1.807) is 42.5 Å². The fourth-order valence-electron chi connectivity index (χ4n) is 4.16. The maximum Gasteiger partial charge on any atom is 0.573 e. The lowest BCUT2D eigenvalue weighted by atomic mass is 9.70. The van der Waals surface area contributed by atoms with Crippen LogP contribution in [-0.2, 0) is 11.8 Å². The number of benzene rings is 3. The van der Waals surface area contributed by atoms with E-state index in [1.165, 1.54) is 31.2 Å². The molecule has 3 rings (SSSR count). The molecule has 0 spiro atoms. The zero-order valence-electron chi connectivity index (χ0n) is 20.2. The Kier molecular flexibility index (Phi) is 9.22. The molecule has 0 amide bonds. The van der Waals surface area contributed by atoms with Crippen molar-refractivity contribution in [2.45, 2.75) is 37.1 Å². The SMILES string of the molecule is C[C@@](O)(CCl)CNCC(Cc1ccccc1)(c1cccc(OC(F)(F)F)c1)c1cccc(OC(F)(F)F)c1. The lowest BCUT2D eigenvalue weighted by molar-refractivity contribution is -0.275. The molecule has 3 aromatic carbocycles. The van der Waals surface area contributed by atoms with Gasteiger partial charge in [-0.05, 0) is 54.3 Å². The zero-order valence-corrected chi connectivity index (χ0v) is 21.0. The summed E-state index contributed by atoms with van der Waals surface area (Å²) < 4.78 is 86.4. The summed E-state index contributed by atoms with van der Waals surface area (Å²) >= 11 is 5.84. The van der Waals surface area contributed by atoms with Gasteiger partial charge < -0.3 is 19.9 Å². The molecule has 3 aromatic rings. The van der Waals surface area contributed by atoms with E-state index in [0.717, 1.165) is 17.7 Å². The number of rotatable bonds is 11. The third kappa shape index (κ3) is 8.54. The van der Waals surface area contributed by atoms with Gasteiger partial charge >= 0.3 is 12.7 Å². The number of hydrogen-bond donors (Lipinski definition) is 2. The normalized spacial score (nSPS) is 14.1. The van der Waals surface area contributed by atoms with E-state index in [4.69, 9.17) is 11.6 Å². The van der Waals surface area contributed by atoms with Crippen molar-refractivity contribution in [1.29, 1.82) is 0 Å². The van der Waals surface area contributed by atoms with E-state index in [9.17, 15) is 31.4 Å². The molecule has 2 N–H and O–H groups in total. The molecule has 0 radical (unpaired) electrons. The molecule has 0 aliphatic heterocycles. The number of alkyl halides is 7. The standard InChI is InChI=1S/C27H26ClF6NO3/c1-24(36,16-28)17-35-18-25(15-19-7-3-2-4-8-19,20-9-5-11-22(13-20)37-26(29,30)31)21-10-6-12-23(14-21)38-27(32,33)34/h2-14,35-36H,15-18H2,1H3/t24-/m1/s1. The minimum atomic E-state index is -4.95. The predicted octanol–water partition coefficient (Wildman–Crippen LogP) is 6.59. The lowest BCUT2D eigenvalue weighted by Crippen LogP contribution is -2.47. The molecule has 38 heavy (non-hydrogen) atoms. The quantitative estimate of drug-likeness (QED) is 0.205. The zero-order chi connectivity index (χ0) is 28.0. The Hall–Kier alpha value is -2.95. The summed E-state index contributed by atoms with van der Waals surface area (Å²) in [6, 6.07) is 19.5. The summed E-state index contributed by atoms with van der Waals surface area (Å²) in [5.41, 5.74) is -1.10.